The number of carbonyl (C=O) groups excluding carboxylic acids is 1. The van der Waals surface area contributed by atoms with Crippen LogP contribution in [0.3, 0.4) is 0 Å². The van der Waals surface area contributed by atoms with Gasteiger partial charge in [0.25, 0.3) is 5.91 Å². The summed E-state index contributed by atoms with van der Waals surface area (Å²) >= 11 is 0. The van der Waals surface area contributed by atoms with E-state index >= 15 is 0 Å². The van der Waals surface area contributed by atoms with Crippen LogP contribution < -0.4 is 0 Å². The molecule has 1 saturated heterocycles. The third-order valence-corrected chi connectivity index (χ3v) is 8.24. The minimum Gasteiger partial charge on any atom is -0.379 e. The molecule has 0 aromatic heterocycles. The van der Waals surface area contributed by atoms with Crippen LogP contribution in [-0.2, 0) is 21.2 Å². The number of sulfonamides is 1. The Balaban J connectivity index is 1.63. The van der Waals surface area contributed by atoms with Crippen LogP contribution in [0.5, 0.6) is 0 Å². The van der Waals surface area contributed by atoms with Gasteiger partial charge < -0.3 is 9.64 Å². The van der Waals surface area contributed by atoms with Crippen LogP contribution in [0, 0.1) is 11.8 Å². The van der Waals surface area contributed by atoms with Crippen LogP contribution in [0.25, 0.3) is 0 Å². The van der Waals surface area contributed by atoms with Gasteiger partial charge in [0.05, 0.1) is 18.1 Å². The summed E-state index contributed by atoms with van der Waals surface area (Å²) in [6.45, 7) is 3.47. The average molecular weight is 407 g/mol. The van der Waals surface area contributed by atoms with Crippen LogP contribution in [0.2, 0.25) is 0 Å². The van der Waals surface area contributed by atoms with E-state index in [2.05, 4.69) is 0 Å². The molecule has 3 aliphatic rings. The van der Waals surface area contributed by atoms with Crippen molar-refractivity contribution < 1.29 is 17.9 Å². The molecule has 0 bridgehead atoms. The molecule has 3 fully saturated rings. The highest BCUT2D eigenvalue weighted by atomic mass is 32.2. The lowest BCUT2D eigenvalue weighted by Gasteiger charge is -2.29. The molecule has 0 N–H and O–H groups in total. The van der Waals surface area contributed by atoms with E-state index in [1.807, 2.05) is 18.9 Å². The predicted octanol–water partition coefficient (Wildman–Crippen LogP) is 2.53. The zero-order valence-electron chi connectivity index (χ0n) is 16.8. The summed E-state index contributed by atoms with van der Waals surface area (Å²) in [6.07, 6.45) is 5.40. The summed E-state index contributed by atoms with van der Waals surface area (Å²) in [4.78, 5) is 15.3. The highest BCUT2D eigenvalue weighted by molar-refractivity contribution is 7.89. The van der Waals surface area contributed by atoms with Gasteiger partial charge in [-0.3, -0.25) is 4.79 Å². The Kier molecular flexibility index (Phi) is 5.51. The number of benzene rings is 1. The number of nitrogens with zero attached hydrogens (tertiary/aromatic N) is 2. The maximum absolute atomic E-state index is 13.2. The fourth-order valence-electron chi connectivity index (χ4n) is 4.38. The van der Waals surface area contributed by atoms with Crippen LogP contribution in [0.15, 0.2) is 23.1 Å². The van der Waals surface area contributed by atoms with E-state index in [1.165, 1.54) is 30.0 Å². The maximum atomic E-state index is 13.2. The van der Waals surface area contributed by atoms with Crippen molar-refractivity contribution in [3.63, 3.8) is 0 Å². The van der Waals surface area contributed by atoms with Crippen molar-refractivity contribution in [1.82, 2.24) is 9.21 Å². The molecule has 2 aliphatic carbocycles. The number of aryl methyl sites for hydroxylation is 1. The van der Waals surface area contributed by atoms with Gasteiger partial charge in [0.1, 0.15) is 0 Å². The standard InChI is InChI=1S/C21H30N2O4S/c1-3-15-4-9-18(14-19(15)28(25,26)23-10-12-27-13-11-23)21(24)22(2)20(16-5-6-16)17-7-8-17/h4,9,14,16-17,20H,3,5-8,10-13H2,1-2H3. The van der Waals surface area contributed by atoms with Crippen LogP contribution in [0.4, 0.5) is 0 Å². The Bertz CT molecular complexity index is 828. The van der Waals surface area contributed by atoms with Crippen molar-refractivity contribution in [2.75, 3.05) is 33.4 Å². The number of morpholine rings is 1. The van der Waals surface area contributed by atoms with Crippen molar-refractivity contribution in [1.29, 1.82) is 0 Å². The highest BCUT2D eigenvalue weighted by Gasteiger charge is 2.45. The van der Waals surface area contributed by atoms with Gasteiger partial charge >= 0.3 is 0 Å². The lowest BCUT2D eigenvalue weighted by atomic mass is 10.0. The quantitative estimate of drug-likeness (QED) is 0.698. The molecule has 0 unspecified atom stereocenters. The molecular formula is C21H30N2O4S. The van der Waals surface area contributed by atoms with E-state index in [-0.39, 0.29) is 10.8 Å². The van der Waals surface area contributed by atoms with Gasteiger partial charge in [-0.25, -0.2) is 8.42 Å². The summed E-state index contributed by atoms with van der Waals surface area (Å²) in [5.41, 5.74) is 1.23. The molecule has 0 spiro atoms. The van der Waals surface area contributed by atoms with E-state index in [9.17, 15) is 13.2 Å². The van der Waals surface area contributed by atoms with Gasteiger partial charge in [-0.15, -0.1) is 0 Å². The molecule has 2 saturated carbocycles. The summed E-state index contributed by atoms with van der Waals surface area (Å²) < 4.78 is 33.2. The minimum absolute atomic E-state index is 0.0649. The van der Waals surface area contributed by atoms with Gasteiger partial charge in [-0.1, -0.05) is 13.0 Å². The lowest BCUT2D eigenvalue weighted by Crippen LogP contribution is -2.41. The van der Waals surface area contributed by atoms with Crippen molar-refractivity contribution in [3.8, 4) is 0 Å². The Morgan fingerprint density at radius 1 is 1.18 bits per heavy atom. The molecule has 0 atom stereocenters. The topological polar surface area (TPSA) is 66.9 Å². The Morgan fingerprint density at radius 2 is 1.79 bits per heavy atom. The van der Waals surface area contributed by atoms with E-state index in [1.54, 1.807) is 18.2 Å². The van der Waals surface area contributed by atoms with Gasteiger partial charge in [-0.05, 0) is 61.6 Å². The molecule has 7 heteroatoms. The Morgan fingerprint density at radius 3 is 2.32 bits per heavy atom. The molecule has 4 rings (SSSR count). The van der Waals surface area contributed by atoms with Crippen molar-refractivity contribution >= 4 is 15.9 Å². The highest BCUT2D eigenvalue weighted by Crippen LogP contribution is 2.47. The SMILES string of the molecule is CCc1ccc(C(=O)N(C)C(C2CC2)C2CC2)cc1S(=O)(=O)N1CCOCC1. The summed E-state index contributed by atoms with van der Waals surface area (Å²) in [6, 6.07) is 5.49. The molecule has 0 radical (unpaired) electrons. The van der Waals surface area contributed by atoms with Crippen molar-refractivity contribution in [2.24, 2.45) is 11.8 Å². The predicted molar refractivity (Wildman–Crippen MR) is 107 cm³/mol. The average Bonchev–Trinajstić information content (AvgIpc) is 3.63. The van der Waals surface area contributed by atoms with E-state index in [0.29, 0.717) is 56.2 Å². The number of hydrogen-bond acceptors (Lipinski definition) is 4. The van der Waals surface area contributed by atoms with E-state index in [4.69, 9.17) is 4.74 Å². The van der Waals surface area contributed by atoms with Crippen LogP contribution in [0.1, 0.15) is 48.5 Å². The van der Waals surface area contributed by atoms with E-state index in [0.717, 1.165) is 5.56 Å². The number of amides is 1. The number of carbonyl (C=O) groups is 1. The minimum atomic E-state index is -3.63. The first kappa shape index (κ1) is 19.9. The molecule has 28 heavy (non-hydrogen) atoms. The third kappa shape index (κ3) is 3.84. The molecule has 1 amide bonds. The third-order valence-electron chi connectivity index (χ3n) is 6.26. The first-order valence-electron chi connectivity index (χ1n) is 10.4. The summed E-state index contributed by atoms with van der Waals surface area (Å²) in [5, 5.41) is 0. The molecule has 154 valence electrons. The Hall–Kier alpha value is -1.44. The van der Waals surface area contributed by atoms with Gasteiger partial charge in [0.2, 0.25) is 10.0 Å². The zero-order valence-corrected chi connectivity index (χ0v) is 17.6. The van der Waals surface area contributed by atoms with Crippen LogP contribution in [-0.4, -0.2) is 62.9 Å². The molecule has 1 heterocycles. The Labute approximate surface area is 167 Å². The fraction of sp³-hybridized carbons (Fsp3) is 0.667. The second-order valence-corrected chi connectivity index (χ2v) is 10.2. The molecular weight excluding hydrogens is 376 g/mol. The van der Waals surface area contributed by atoms with Gasteiger partial charge in [0.15, 0.2) is 0 Å². The number of hydrogen-bond donors (Lipinski definition) is 0. The molecule has 1 aromatic carbocycles. The van der Waals surface area contributed by atoms with Gasteiger partial charge in [0, 0.05) is 31.7 Å². The summed E-state index contributed by atoms with van der Waals surface area (Å²) in [5.74, 6) is 1.17. The largest absolute Gasteiger partial charge is 0.379 e. The fourth-order valence-corrected chi connectivity index (χ4v) is 6.11. The number of ether oxygens (including phenoxy) is 1. The smallest absolute Gasteiger partial charge is 0.253 e. The first-order valence-corrected chi connectivity index (χ1v) is 11.9. The van der Waals surface area contributed by atoms with Crippen molar-refractivity contribution in [2.45, 2.75) is 50.0 Å². The van der Waals surface area contributed by atoms with E-state index < -0.39 is 10.0 Å². The lowest BCUT2D eigenvalue weighted by molar-refractivity contribution is 0.0689. The molecule has 1 aliphatic heterocycles. The maximum Gasteiger partial charge on any atom is 0.253 e. The van der Waals surface area contributed by atoms with Gasteiger partial charge in [-0.2, -0.15) is 4.31 Å². The normalized spacial score (nSPS) is 21.1. The number of rotatable bonds is 7. The first-order chi connectivity index (χ1) is 13.4. The summed E-state index contributed by atoms with van der Waals surface area (Å²) in [7, 11) is -1.75. The molecule has 6 nitrogen and oxygen atoms in total. The monoisotopic (exact) mass is 406 g/mol. The zero-order chi connectivity index (χ0) is 19.9. The second-order valence-electron chi connectivity index (χ2n) is 8.27. The molecule has 1 aromatic rings. The van der Waals surface area contributed by atoms with Crippen molar-refractivity contribution in [3.05, 3.63) is 29.3 Å². The van der Waals surface area contributed by atoms with Crippen LogP contribution >= 0.6 is 0 Å². The second kappa shape index (κ2) is 7.76.